The van der Waals surface area contributed by atoms with Gasteiger partial charge in [0.25, 0.3) is 0 Å². The zero-order valence-corrected chi connectivity index (χ0v) is 13.7. The van der Waals surface area contributed by atoms with Crippen LogP contribution >= 0.6 is 0 Å². The van der Waals surface area contributed by atoms with Crippen molar-refractivity contribution >= 4 is 5.96 Å². The first-order chi connectivity index (χ1) is 11.4. The Hall–Kier alpha value is -1.77. The van der Waals surface area contributed by atoms with Gasteiger partial charge in [0.2, 0.25) is 0 Å². The molecule has 2 heterocycles. The number of fused-ring (bicyclic) bond motifs is 3. The fraction of sp³-hybridized carbons (Fsp3) is 0.550. The second kappa shape index (κ2) is 5.40. The number of benzene rings is 1. The van der Waals surface area contributed by atoms with Crippen LogP contribution in [0.3, 0.4) is 0 Å². The highest BCUT2D eigenvalue weighted by Crippen LogP contribution is 2.45. The van der Waals surface area contributed by atoms with E-state index in [0.717, 1.165) is 5.96 Å². The van der Waals surface area contributed by atoms with Gasteiger partial charge >= 0.3 is 0 Å². The van der Waals surface area contributed by atoms with E-state index in [1.54, 1.807) is 5.57 Å². The van der Waals surface area contributed by atoms with E-state index in [9.17, 15) is 0 Å². The molecule has 1 aromatic rings. The number of hydrogen-bond acceptors (Lipinski definition) is 3. The third-order valence-electron chi connectivity index (χ3n) is 6.08. The molecule has 1 fully saturated rings. The van der Waals surface area contributed by atoms with E-state index < -0.39 is 0 Å². The molecule has 4 aliphatic rings. The van der Waals surface area contributed by atoms with Crippen LogP contribution in [0, 0.1) is 0 Å². The van der Waals surface area contributed by atoms with Gasteiger partial charge in [-0.2, -0.15) is 0 Å². The van der Waals surface area contributed by atoms with Crippen molar-refractivity contribution in [1.29, 1.82) is 0 Å². The highest BCUT2D eigenvalue weighted by Gasteiger charge is 2.45. The Morgan fingerprint density at radius 1 is 0.957 bits per heavy atom. The van der Waals surface area contributed by atoms with Gasteiger partial charge in [-0.3, -0.25) is 0 Å². The first kappa shape index (κ1) is 13.6. The summed E-state index contributed by atoms with van der Waals surface area (Å²) in [5.74, 6) is 1.16. The molecule has 3 heteroatoms. The molecule has 0 spiro atoms. The van der Waals surface area contributed by atoms with Crippen LogP contribution in [0.2, 0.25) is 0 Å². The Labute approximate surface area is 138 Å². The summed E-state index contributed by atoms with van der Waals surface area (Å²) in [6.07, 6.45) is 10.3. The van der Waals surface area contributed by atoms with Gasteiger partial charge in [0.1, 0.15) is 0 Å². The predicted molar refractivity (Wildman–Crippen MR) is 93.1 cm³/mol. The summed E-state index contributed by atoms with van der Waals surface area (Å²) in [5, 5.41) is 3.73. The molecule has 0 aromatic heterocycles. The van der Waals surface area contributed by atoms with Gasteiger partial charge in [0.15, 0.2) is 5.96 Å². The van der Waals surface area contributed by atoms with Crippen molar-refractivity contribution in [3.8, 4) is 0 Å². The standard InChI is InChI=1S/C20H25N3/c1-2-8-14(9-3-1)19-15-10-4-5-11-16(15)21-20-22-17-12-6-7-13-18(17)23(19)20/h1-3,8-9,17-19H,4-7,10-13H2,(H,21,22)/t17-,18-,19+/m0/s1. The zero-order chi connectivity index (χ0) is 15.2. The predicted octanol–water partition coefficient (Wildman–Crippen LogP) is 4.14. The lowest BCUT2D eigenvalue weighted by Crippen LogP contribution is -2.52. The van der Waals surface area contributed by atoms with E-state index >= 15 is 0 Å². The summed E-state index contributed by atoms with van der Waals surface area (Å²) in [5.41, 5.74) is 4.55. The molecule has 3 nitrogen and oxygen atoms in total. The molecule has 0 saturated heterocycles. The fourth-order valence-corrected chi connectivity index (χ4v) is 5.03. The zero-order valence-electron chi connectivity index (χ0n) is 13.7. The summed E-state index contributed by atoms with van der Waals surface area (Å²) >= 11 is 0. The Morgan fingerprint density at radius 3 is 2.70 bits per heavy atom. The van der Waals surface area contributed by atoms with Gasteiger partial charge in [-0.15, -0.1) is 0 Å². The number of guanidine groups is 1. The highest BCUT2D eigenvalue weighted by molar-refractivity contribution is 5.86. The molecule has 0 bridgehead atoms. The molecular weight excluding hydrogens is 282 g/mol. The number of rotatable bonds is 1. The average Bonchev–Trinajstić information content (AvgIpc) is 2.98. The molecule has 2 aliphatic heterocycles. The average molecular weight is 307 g/mol. The van der Waals surface area contributed by atoms with E-state index in [1.807, 2.05) is 0 Å². The lowest BCUT2D eigenvalue weighted by Gasteiger charge is -2.45. The largest absolute Gasteiger partial charge is 0.330 e. The van der Waals surface area contributed by atoms with E-state index in [2.05, 4.69) is 40.5 Å². The quantitative estimate of drug-likeness (QED) is 0.844. The summed E-state index contributed by atoms with van der Waals surface area (Å²) in [4.78, 5) is 7.74. The van der Waals surface area contributed by atoms with Crippen LogP contribution in [0.5, 0.6) is 0 Å². The van der Waals surface area contributed by atoms with Crippen molar-refractivity contribution in [2.24, 2.45) is 4.99 Å². The molecule has 1 N–H and O–H groups in total. The maximum Gasteiger partial charge on any atom is 0.199 e. The second-order valence-electron chi connectivity index (χ2n) is 7.43. The summed E-state index contributed by atoms with van der Waals surface area (Å²) in [6, 6.07) is 12.7. The minimum atomic E-state index is 0.416. The normalized spacial score (nSPS) is 32.6. The first-order valence-corrected chi connectivity index (χ1v) is 9.32. The van der Waals surface area contributed by atoms with Crippen LogP contribution in [0.4, 0.5) is 0 Å². The lowest BCUT2D eigenvalue weighted by atomic mass is 9.83. The van der Waals surface area contributed by atoms with Crippen LogP contribution in [-0.2, 0) is 0 Å². The Balaban J connectivity index is 1.62. The smallest absolute Gasteiger partial charge is 0.199 e. The van der Waals surface area contributed by atoms with Crippen LogP contribution in [0.25, 0.3) is 0 Å². The molecule has 5 rings (SSSR count). The van der Waals surface area contributed by atoms with Crippen molar-refractivity contribution in [1.82, 2.24) is 10.2 Å². The number of allylic oxidation sites excluding steroid dienone is 1. The summed E-state index contributed by atoms with van der Waals surface area (Å²) in [6.45, 7) is 0. The van der Waals surface area contributed by atoms with Gasteiger partial charge in [-0.1, -0.05) is 43.2 Å². The van der Waals surface area contributed by atoms with Gasteiger partial charge in [-0.05, 0) is 49.7 Å². The van der Waals surface area contributed by atoms with Gasteiger partial charge in [-0.25, -0.2) is 4.99 Å². The third kappa shape index (κ3) is 2.13. The van der Waals surface area contributed by atoms with Crippen LogP contribution in [0.1, 0.15) is 63.0 Å². The van der Waals surface area contributed by atoms with Gasteiger partial charge < -0.3 is 10.2 Å². The van der Waals surface area contributed by atoms with E-state index in [4.69, 9.17) is 4.99 Å². The molecule has 120 valence electrons. The summed E-state index contributed by atoms with van der Waals surface area (Å²) in [7, 11) is 0. The minimum Gasteiger partial charge on any atom is -0.330 e. The van der Waals surface area contributed by atoms with Crippen molar-refractivity contribution in [3.05, 3.63) is 47.2 Å². The maximum absolute atomic E-state index is 5.10. The van der Waals surface area contributed by atoms with Gasteiger partial charge in [0, 0.05) is 5.70 Å². The second-order valence-corrected chi connectivity index (χ2v) is 7.43. The van der Waals surface area contributed by atoms with E-state index in [1.165, 1.54) is 62.6 Å². The number of nitrogens with one attached hydrogen (secondary N) is 1. The fourth-order valence-electron chi connectivity index (χ4n) is 5.03. The molecule has 1 saturated carbocycles. The Bertz CT molecular complexity index is 661. The third-order valence-corrected chi connectivity index (χ3v) is 6.08. The van der Waals surface area contributed by atoms with Crippen LogP contribution in [0.15, 0.2) is 46.6 Å². The minimum absolute atomic E-state index is 0.416. The monoisotopic (exact) mass is 307 g/mol. The number of nitrogens with zero attached hydrogens (tertiary/aromatic N) is 2. The highest BCUT2D eigenvalue weighted by atomic mass is 15.4. The molecule has 23 heavy (non-hydrogen) atoms. The first-order valence-electron chi connectivity index (χ1n) is 9.32. The van der Waals surface area contributed by atoms with E-state index in [0.29, 0.717) is 18.1 Å². The van der Waals surface area contributed by atoms with E-state index in [-0.39, 0.29) is 0 Å². The lowest BCUT2D eigenvalue weighted by molar-refractivity contribution is 0.199. The Morgan fingerprint density at radius 2 is 1.78 bits per heavy atom. The van der Waals surface area contributed by atoms with Crippen molar-refractivity contribution in [3.63, 3.8) is 0 Å². The Kier molecular flexibility index (Phi) is 3.20. The SMILES string of the molecule is c1ccc([C@@H]2C3=C(CCCC3)NC3=N[C@H]4CCCC[C@@H]4N32)cc1. The van der Waals surface area contributed by atoms with Crippen LogP contribution in [-0.4, -0.2) is 22.9 Å². The molecular formula is C20H25N3. The van der Waals surface area contributed by atoms with Crippen molar-refractivity contribution in [2.45, 2.75) is 69.5 Å². The number of hydrogen-bond donors (Lipinski definition) is 1. The number of aliphatic imine (C=N–C) groups is 1. The van der Waals surface area contributed by atoms with Crippen molar-refractivity contribution < 1.29 is 0 Å². The van der Waals surface area contributed by atoms with Crippen molar-refractivity contribution in [2.75, 3.05) is 0 Å². The molecule has 0 radical (unpaired) electrons. The molecule has 1 aromatic carbocycles. The molecule has 3 atom stereocenters. The molecule has 0 unspecified atom stereocenters. The molecule has 2 aliphatic carbocycles. The topological polar surface area (TPSA) is 27.6 Å². The van der Waals surface area contributed by atoms with Crippen LogP contribution < -0.4 is 5.32 Å². The molecule has 0 amide bonds. The summed E-state index contributed by atoms with van der Waals surface area (Å²) < 4.78 is 0. The maximum atomic E-state index is 5.10. The van der Waals surface area contributed by atoms with Gasteiger partial charge in [0.05, 0.1) is 18.1 Å².